The number of aromatic nitrogens is 4. The van der Waals surface area contributed by atoms with Crippen LogP contribution in [-0.4, -0.2) is 25.3 Å². The molecule has 6 rings (SSSR count). The molecule has 0 fully saturated rings. The molecule has 0 saturated heterocycles. The number of benzene rings is 2. The Kier molecular flexibility index (Phi) is 5.45. The topological polar surface area (TPSA) is 86.7 Å². The molecule has 0 aliphatic heterocycles. The van der Waals surface area contributed by atoms with Gasteiger partial charge in [0.25, 0.3) is 0 Å². The molecule has 1 aliphatic carbocycles. The first kappa shape index (κ1) is 22.9. The molecule has 0 bridgehead atoms. The molecule has 0 amide bonds. The van der Waals surface area contributed by atoms with Crippen molar-refractivity contribution >= 4 is 11.5 Å². The Morgan fingerprint density at radius 2 is 1.57 bits per heavy atom. The van der Waals surface area contributed by atoms with E-state index in [0.29, 0.717) is 5.69 Å². The van der Waals surface area contributed by atoms with Gasteiger partial charge in [0.1, 0.15) is 12.1 Å². The summed E-state index contributed by atoms with van der Waals surface area (Å²) in [6, 6.07) is 25.7. The van der Waals surface area contributed by atoms with Crippen LogP contribution in [0.2, 0.25) is 0 Å². The molecule has 1 aliphatic rings. The van der Waals surface area contributed by atoms with Crippen LogP contribution in [0.15, 0.2) is 91.4 Å². The molecule has 2 N–H and O–H groups in total. The normalized spacial score (nSPS) is 14.4. The predicted molar refractivity (Wildman–Crippen MR) is 146 cm³/mol. The van der Waals surface area contributed by atoms with Crippen molar-refractivity contribution in [2.24, 2.45) is 5.41 Å². The van der Waals surface area contributed by atoms with E-state index < -0.39 is 0 Å². The molecule has 6 heteroatoms. The number of hydrogen-bond acceptors (Lipinski definition) is 5. The van der Waals surface area contributed by atoms with Crippen molar-refractivity contribution in [2.75, 3.05) is 5.73 Å². The van der Waals surface area contributed by atoms with Crippen LogP contribution in [0.1, 0.15) is 36.3 Å². The van der Waals surface area contributed by atoms with Gasteiger partial charge < -0.3 is 5.73 Å². The van der Waals surface area contributed by atoms with Crippen LogP contribution in [0.4, 0.5) is 5.69 Å². The molecule has 2 aromatic carbocycles. The van der Waals surface area contributed by atoms with Gasteiger partial charge in [-0.05, 0) is 49.2 Å². The second-order valence-electron chi connectivity index (χ2n) is 10.2. The standard InChI is InChI=1S/C31H27N5O/c1-31(2)14-13-25-24(30(31)37)11-12-29(35-25)36-18-28(33-19-36)22-16-26(20-7-4-3-5-8-20)34-27(17-22)21-9-6-10-23(32)15-21/h3-12,15-19H,13-14,32H2,1-2H3. The Hall–Kier alpha value is -4.58. The number of carbonyl (C=O) groups excluding carboxylic acids is 1. The van der Waals surface area contributed by atoms with Gasteiger partial charge in [-0.3, -0.25) is 9.36 Å². The predicted octanol–water partition coefficient (Wildman–Crippen LogP) is 6.40. The van der Waals surface area contributed by atoms with Gasteiger partial charge in [0, 0.05) is 39.6 Å². The molecule has 0 saturated carbocycles. The number of imidazole rings is 1. The smallest absolute Gasteiger partial charge is 0.170 e. The lowest BCUT2D eigenvalue weighted by Gasteiger charge is -2.29. The van der Waals surface area contributed by atoms with Gasteiger partial charge in [-0.15, -0.1) is 0 Å². The Morgan fingerprint density at radius 1 is 0.811 bits per heavy atom. The maximum atomic E-state index is 12.8. The van der Waals surface area contributed by atoms with Crippen molar-refractivity contribution in [1.82, 2.24) is 19.5 Å². The van der Waals surface area contributed by atoms with E-state index in [1.165, 1.54) is 0 Å². The van der Waals surface area contributed by atoms with Gasteiger partial charge in [0.2, 0.25) is 0 Å². The lowest BCUT2D eigenvalue weighted by Crippen LogP contribution is -2.31. The molecule has 0 radical (unpaired) electrons. The molecular weight excluding hydrogens is 458 g/mol. The number of hydrogen-bond donors (Lipinski definition) is 1. The van der Waals surface area contributed by atoms with E-state index >= 15 is 0 Å². The third-order valence-corrected chi connectivity index (χ3v) is 7.03. The second kappa shape index (κ2) is 8.82. The molecule has 6 nitrogen and oxygen atoms in total. The lowest BCUT2D eigenvalue weighted by molar-refractivity contribution is 0.0809. The number of ketones is 1. The lowest BCUT2D eigenvalue weighted by atomic mass is 9.75. The first-order chi connectivity index (χ1) is 17.9. The highest BCUT2D eigenvalue weighted by Gasteiger charge is 2.34. The maximum absolute atomic E-state index is 12.8. The van der Waals surface area contributed by atoms with Gasteiger partial charge in [0.15, 0.2) is 5.78 Å². The van der Waals surface area contributed by atoms with Crippen LogP contribution in [0.3, 0.4) is 0 Å². The average Bonchev–Trinajstić information content (AvgIpc) is 3.42. The van der Waals surface area contributed by atoms with Gasteiger partial charge in [-0.1, -0.05) is 56.3 Å². The minimum Gasteiger partial charge on any atom is -0.399 e. The van der Waals surface area contributed by atoms with Crippen molar-refractivity contribution in [3.05, 3.63) is 103 Å². The van der Waals surface area contributed by atoms with Crippen LogP contribution in [0.5, 0.6) is 0 Å². The third kappa shape index (κ3) is 4.31. The molecule has 0 unspecified atom stereocenters. The third-order valence-electron chi connectivity index (χ3n) is 7.03. The number of nitrogens with two attached hydrogens (primary N) is 1. The summed E-state index contributed by atoms with van der Waals surface area (Å²) in [6.45, 7) is 4.01. The highest BCUT2D eigenvalue weighted by Crippen LogP contribution is 2.35. The quantitative estimate of drug-likeness (QED) is 0.298. The van der Waals surface area contributed by atoms with E-state index in [1.807, 2.05) is 97.4 Å². The molecule has 0 spiro atoms. The summed E-state index contributed by atoms with van der Waals surface area (Å²) in [5, 5.41) is 0. The average molecular weight is 486 g/mol. The van der Waals surface area contributed by atoms with Gasteiger partial charge in [-0.2, -0.15) is 0 Å². The minimum absolute atomic E-state index is 0.165. The summed E-state index contributed by atoms with van der Waals surface area (Å²) in [4.78, 5) is 27.3. The number of rotatable bonds is 4. The largest absolute Gasteiger partial charge is 0.399 e. The molecule has 3 heterocycles. The monoisotopic (exact) mass is 485 g/mol. The zero-order valence-electron chi connectivity index (χ0n) is 20.8. The number of nitrogen functional groups attached to an aromatic ring is 1. The molecular formula is C31H27N5O. The summed E-state index contributed by atoms with van der Waals surface area (Å²) in [6.07, 6.45) is 5.33. The molecule has 37 heavy (non-hydrogen) atoms. The molecule has 3 aromatic heterocycles. The zero-order valence-corrected chi connectivity index (χ0v) is 20.8. The van der Waals surface area contributed by atoms with Crippen LogP contribution < -0.4 is 5.73 Å². The van der Waals surface area contributed by atoms with E-state index in [-0.39, 0.29) is 11.2 Å². The van der Waals surface area contributed by atoms with Crippen LogP contribution in [0.25, 0.3) is 39.6 Å². The van der Waals surface area contributed by atoms with Gasteiger partial charge >= 0.3 is 0 Å². The Bertz CT molecular complexity index is 1640. The highest BCUT2D eigenvalue weighted by molar-refractivity contribution is 6.02. The first-order valence-electron chi connectivity index (χ1n) is 12.4. The van der Waals surface area contributed by atoms with Gasteiger partial charge in [-0.25, -0.2) is 15.0 Å². The summed E-state index contributed by atoms with van der Waals surface area (Å²) in [5.41, 5.74) is 13.4. The zero-order chi connectivity index (χ0) is 25.6. The van der Waals surface area contributed by atoms with E-state index in [2.05, 4.69) is 6.07 Å². The molecule has 5 aromatic rings. The van der Waals surface area contributed by atoms with Gasteiger partial charge in [0.05, 0.1) is 22.8 Å². The maximum Gasteiger partial charge on any atom is 0.170 e. The van der Waals surface area contributed by atoms with E-state index in [9.17, 15) is 4.79 Å². The fraction of sp³-hybridized carbons (Fsp3) is 0.161. The van der Waals surface area contributed by atoms with Crippen molar-refractivity contribution in [1.29, 1.82) is 0 Å². The fourth-order valence-electron chi connectivity index (χ4n) is 4.82. The fourth-order valence-corrected chi connectivity index (χ4v) is 4.82. The molecule has 182 valence electrons. The number of carbonyl (C=O) groups is 1. The van der Waals surface area contributed by atoms with E-state index in [0.717, 1.165) is 63.7 Å². The van der Waals surface area contributed by atoms with Crippen LogP contribution in [-0.2, 0) is 6.42 Å². The number of pyridine rings is 2. The Labute approximate surface area is 215 Å². The van der Waals surface area contributed by atoms with Crippen molar-refractivity contribution in [3.63, 3.8) is 0 Å². The SMILES string of the molecule is CC1(C)CCc2nc(-n3cnc(-c4cc(-c5ccccc5)nc(-c5cccc(N)c5)c4)c3)ccc2C1=O. The highest BCUT2D eigenvalue weighted by atomic mass is 16.1. The molecule has 0 atom stereocenters. The van der Waals surface area contributed by atoms with Crippen molar-refractivity contribution in [3.8, 4) is 39.6 Å². The minimum atomic E-state index is -0.336. The van der Waals surface area contributed by atoms with Crippen molar-refractivity contribution < 1.29 is 4.79 Å². The van der Waals surface area contributed by atoms with E-state index in [1.54, 1.807) is 6.33 Å². The number of aryl methyl sites for hydroxylation is 1. The van der Waals surface area contributed by atoms with Crippen molar-refractivity contribution in [2.45, 2.75) is 26.7 Å². The number of fused-ring (bicyclic) bond motifs is 1. The first-order valence-corrected chi connectivity index (χ1v) is 12.4. The van der Waals surface area contributed by atoms with E-state index in [4.69, 9.17) is 20.7 Å². The Balaban J connectivity index is 1.41. The Morgan fingerprint density at radius 3 is 2.35 bits per heavy atom. The van der Waals surface area contributed by atoms with Crippen LogP contribution >= 0.6 is 0 Å². The summed E-state index contributed by atoms with van der Waals surface area (Å²) in [5.74, 6) is 0.914. The van der Waals surface area contributed by atoms with Crippen LogP contribution in [0, 0.1) is 5.41 Å². The number of nitrogens with zero attached hydrogens (tertiary/aromatic N) is 4. The number of Topliss-reactive ketones (excluding diaryl/α,β-unsaturated/α-hetero) is 1. The summed E-state index contributed by atoms with van der Waals surface area (Å²) < 4.78 is 1.91. The second-order valence-corrected chi connectivity index (χ2v) is 10.2. The summed E-state index contributed by atoms with van der Waals surface area (Å²) in [7, 11) is 0. The number of anilines is 1. The summed E-state index contributed by atoms with van der Waals surface area (Å²) >= 11 is 0.